The number of rotatable bonds is 8. The molecule has 0 radical (unpaired) electrons. The van der Waals surface area contributed by atoms with Crippen LogP contribution in [0, 0.1) is 0 Å². The predicted molar refractivity (Wildman–Crippen MR) is 117 cm³/mol. The number of furan rings is 1. The molecule has 30 heavy (non-hydrogen) atoms. The fourth-order valence-corrected chi connectivity index (χ4v) is 5.70. The molecular weight excluding hydrogens is 400 g/mol. The van der Waals surface area contributed by atoms with Crippen molar-refractivity contribution in [3.63, 3.8) is 0 Å². The lowest BCUT2D eigenvalue weighted by molar-refractivity contribution is 0.133. The Balaban J connectivity index is 1.43. The maximum atomic E-state index is 12.5. The second-order valence-electron chi connectivity index (χ2n) is 7.96. The van der Waals surface area contributed by atoms with Crippen LogP contribution in [0.4, 0.5) is 0 Å². The number of hydrogen-bond donors (Lipinski definition) is 2. The van der Waals surface area contributed by atoms with Gasteiger partial charge in [0.1, 0.15) is 5.76 Å². The Labute approximate surface area is 175 Å². The molecule has 0 bridgehead atoms. The van der Waals surface area contributed by atoms with Crippen LogP contribution in [0.3, 0.4) is 0 Å². The first-order chi connectivity index (χ1) is 14.5. The van der Waals surface area contributed by atoms with Crippen molar-refractivity contribution in [1.29, 1.82) is 0 Å². The maximum absolute atomic E-state index is 12.5. The average Bonchev–Trinajstić information content (AvgIpc) is 3.39. The number of aromatic nitrogens is 1. The lowest BCUT2D eigenvalue weighted by atomic mass is 10.1. The molecule has 0 aliphatic heterocycles. The number of aliphatic hydroxyl groups excluding tert-OH is 1. The third-order valence-corrected chi connectivity index (χ3v) is 7.70. The first kappa shape index (κ1) is 19.4. The van der Waals surface area contributed by atoms with Gasteiger partial charge in [0, 0.05) is 28.4 Å². The molecule has 156 valence electrons. The van der Waals surface area contributed by atoms with Gasteiger partial charge in [0.2, 0.25) is 10.0 Å². The van der Waals surface area contributed by atoms with E-state index in [-0.39, 0.29) is 11.7 Å². The fraction of sp³-hybridized carbons (Fsp3) is 0.304. The number of para-hydroxylation sites is 2. The van der Waals surface area contributed by atoms with Crippen molar-refractivity contribution in [3.05, 3.63) is 72.7 Å². The molecule has 7 heteroatoms. The van der Waals surface area contributed by atoms with Gasteiger partial charge in [-0.25, -0.2) is 13.1 Å². The lowest BCUT2D eigenvalue weighted by Gasteiger charge is -2.21. The van der Waals surface area contributed by atoms with Crippen molar-refractivity contribution in [1.82, 2.24) is 9.29 Å². The average molecular weight is 425 g/mol. The summed E-state index contributed by atoms with van der Waals surface area (Å²) in [7, 11) is -3.42. The number of sulfonamides is 1. The molecule has 4 aromatic rings. The molecule has 6 nitrogen and oxygen atoms in total. The molecule has 1 fully saturated rings. The van der Waals surface area contributed by atoms with E-state index in [0.29, 0.717) is 25.1 Å². The summed E-state index contributed by atoms with van der Waals surface area (Å²) in [5.41, 5.74) is 2.09. The van der Waals surface area contributed by atoms with Crippen LogP contribution in [-0.2, 0) is 16.6 Å². The summed E-state index contributed by atoms with van der Waals surface area (Å²) >= 11 is 0. The molecule has 2 unspecified atom stereocenters. The number of nitrogens with zero attached hydrogens (tertiary/aromatic N) is 1. The largest absolute Gasteiger partial charge is 0.468 e. The molecule has 2 N–H and O–H groups in total. The van der Waals surface area contributed by atoms with E-state index in [1.807, 2.05) is 36.4 Å². The molecule has 2 aromatic heterocycles. The SMILES string of the molecule is O=S(=O)(NC(CC(O)Cn1c2ccccc2c2ccccc21)c1ccco1)C1CC1. The monoisotopic (exact) mass is 424 g/mol. The van der Waals surface area contributed by atoms with Crippen LogP contribution in [0.5, 0.6) is 0 Å². The first-order valence-electron chi connectivity index (χ1n) is 10.2. The van der Waals surface area contributed by atoms with Gasteiger partial charge in [-0.2, -0.15) is 0 Å². The summed E-state index contributed by atoms with van der Waals surface area (Å²) in [4.78, 5) is 0. The summed E-state index contributed by atoms with van der Waals surface area (Å²) in [6, 6.07) is 19.1. The van der Waals surface area contributed by atoms with Crippen LogP contribution in [0.2, 0.25) is 0 Å². The third kappa shape index (κ3) is 3.64. The zero-order chi connectivity index (χ0) is 20.7. The number of fused-ring (bicyclic) bond motifs is 3. The van der Waals surface area contributed by atoms with E-state index in [0.717, 1.165) is 21.8 Å². The fourth-order valence-electron chi connectivity index (χ4n) is 4.14. The number of aliphatic hydroxyl groups is 1. The smallest absolute Gasteiger partial charge is 0.215 e. The summed E-state index contributed by atoms with van der Waals surface area (Å²) in [6.45, 7) is 0.358. The van der Waals surface area contributed by atoms with Gasteiger partial charge < -0.3 is 14.1 Å². The summed E-state index contributed by atoms with van der Waals surface area (Å²) in [5, 5.41) is 12.9. The molecule has 2 aromatic carbocycles. The van der Waals surface area contributed by atoms with Crippen LogP contribution in [0.15, 0.2) is 71.3 Å². The van der Waals surface area contributed by atoms with Gasteiger partial charge in [0.15, 0.2) is 0 Å². The minimum absolute atomic E-state index is 0.223. The summed E-state index contributed by atoms with van der Waals surface area (Å²) in [5.74, 6) is 0.514. The zero-order valence-electron chi connectivity index (χ0n) is 16.4. The van der Waals surface area contributed by atoms with Crippen LogP contribution in [0.25, 0.3) is 21.8 Å². The summed E-state index contributed by atoms with van der Waals surface area (Å²) in [6.07, 6.45) is 2.35. The Kier molecular flexibility index (Phi) is 4.89. The molecule has 0 spiro atoms. The van der Waals surface area contributed by atoms with Crippen molar-refractivity contribution < 1.29 is 17.9 Å². The van der Waals surface area contributed by atoms with E-state index in [9.17, 15) is 13.5 Å². The molecule has 1 aliphatic carbocycles. The third-order valence-electron chi connectivity index (χ3n) is 5.74. The van der Waals surface area contributed by atoms with E-state index in [4.69, 9.17) is 4.42 Å². The minimum Gasteiger partial charge on any atom is -0.468 e. The van der Waals surface area contributed by atoms with Crippen molar-refractivity contribution in [2.24, 2.45) is 0 Å². The van der Waals surface area contributed by atoms with Gasteiger partial charge in [0.25, 0.3) is 0 Å². The van der Waals surface area contributed by atoms with Crippen LogP contribution < -0.4 is 4.72 Å². The summed E-state index contributed by atoms with van der Waals surface area (Å²) < 4.78 is 35.3. The molecule has 1 saturated carbocycles. The second kappa shape index (κ2) is 7.58. The molecule has 1 aliphatic rings. The highest BCUT2D eigenvalue weighted by Crippen LogP contribution is 2.32. The van der Waals surface area contributed by atoms with E-state index in [2.05, 4.69) is 21.4 Å². The number of benzene rings is 2. The van der Waals surface area contributed by atoms with E-state index in [1.54, 1.807) is 12.1 Å². The standard InChI is InChI=1S/C23H24N2O4S/c26-16(14-20(23-10-5-13-29-23)24-30(27,28)17-11-12-17)15-25-21-8-3-1-6-18(21)19-7-2-4-9-22(19)25/h1-10,13,16-17,20,24,26H,11-12,14-15H2. The van der Waals surface area contributed by atoms with Gasteiger partial charge in [0.05, 0.1) is 23.7 Å². The normalized spacial score (nSPS) is 16.8. The van der Waals surface area contributed by atoms with Crippen LogP contribution in [-0.4, -0.2) is 29.4 Å². The van der Waals surface area contributed by atoms with Crippen LogP contribution >= 0.6 is 0 Å². The first-order valence-corrected chi connectivity index (χ1v) is 11.8. The molecular formula is C23H24N2O4S. The molecule has 2 atom stereocenters. The Bertz CT molecular complexity index is 1220. The minimum atomic E-state index is -3.42. The molecule has 0 amide bonds. The maximum Gasteiger partial charge on any atom is 0.215 e. The van der Waals surface area contributed by atoms with Gasteiger partial charge in [-0.3, -0.25) is 0 Å². The van der Waals surface area contributed by atoms with E-state index in [1.165, 1.54) is 6.26 Å². The number of hydrogen-bond acceptors (Lipinski definition) is 4. The van der Waals surface area contributed by atoms with Crippen molar-refractivity contribution in [2.75, 3.05) is 0 Å². The Morgan fingerprint density at radius 3 is 2.20 bits per heavy atom. The zero-order valence-corrected chi connectivity index (χ0v) is 17.3. The molecule has 5 rings (SSSR count). The van der Waals surface area contributed by atoms with Crippen molar-refractivity contribution >= 4 is 31.8 Å². The molecule has 2 heterocycles. The Hall–Kier alpha value is -2.61. The van der Waals surface area contributed by atoms with Gasteiger partial charge in [-0.05, 0) is 43.5 Å². The van der Waals surface area contributed by atoms with E-state index >= 15 is 0 Å². The topological polar surface area (TPSA) is 84.5 Å². The number of nitrogens with one attached hydrogen (secondary N) is 1. The lowest BCUT2D eigenvalue weighted by Crippen LogP contribution is -2.34. The predicted octanol–water partition coefficient (Wildman–Crippen LogP) is 3.96. The van der Waals surface area contributed by atoms with Gasteiger partial charge in [-0.15, -0.1) is 0 Å². The second-order valence-corrected chi connectivity index (χ2v) is 9.96. The Morgan fingerprint density at radius 1 is 1.00 bits per heavy atom. The molecule has 0 saturated heterocycles. The highest BCUT2D eigenvalue weighted by atomic mass is 32.2. The quantitative estimate of drug-likeness (QED) is 0.448. The highest BCUT2D eigenvalue weighted by molar-refractivity contribution is 7.90. The van der Waals surface area contributed by atoms with Gasteiger partial charge in [-0.1, -0.05) is 36.4 Å². The van der Waals surface area contributed by atoms with Crippen molar-refractivity contribution in [3.8, 4) is 0 Å². The highest BCUT2D eigenvalue weighted by Gasteiger charge is 2.38. The Morgan fingerprint density at radius 2 is 1.63 bits per heavy atom. The van der Waals surface area contributed by atoms with Crippen LogP contribution in [0.1, 0.15) is 31.1 Å². The van der Waals surface area contributed by atoms with E-state index < -0.39 is 22.2 Å². The van der Waals surface area contributed by atoms with Gasteiger partial charge >= 0.3 is 0 Å². The van der Waals surface area contributed by atoms with Crippen molar-refractivity contribution in [2.45, 2.75) is 43.2 Å².